The number of nitrogens with one attached hydrogen (secondary N) is 1. The monoisotopic (exact) mass is 335 g/mol. The fourth-order valence-electron chi connectivity index (χ4n) is 2.52. The lowest BCUT2D eigenvalue weighted by Gasteiger charge is -2.40. The van der Waals surface area contributed by atoms with Crippen LogP contribution in [0.4, 0.5) is 4.79 Å². The Bertz CT molecular complexity index is 590. The van der Waals surface area contributed by atoms with Crippen LogP contribution in [0.25, 0.3) is 0 Å². The zero-order valence-electron chi connectivity index (χ0n) is 14.3. The average molecular weight is 335 g/mol. The van der Waals surface area contributed by atoms with Crippen molar-refractivity contribution in [2.75, 3.05) is 13.1 Å². The number of rotatable bonds is 3. The molecule has 1 fully saturated rings. The van der Waals surface area contributed by atoms with Crippen LogP contribution in [0, 0.1) is 11.3 Å². The minimum atomic E-state index is -0.451. The predicted molar refractivity (Wildman–Crippen MR) is 91.3 cm³/mol. The number of amides is 1. The Morgan fingerprint density at radius 2 is 2.09 bits per heavy atom. The molecule has 0 saturated carbocycles. The number of nitrogens with zero attached hydrogens (tertiary/aromatic N) is 2. The number of ether oxygens (including phenoxy) is 1. The van der Waals surface area contributed by atoms with Gasteiger partial charge in [-0.2, -0.15) is 5.26 Å². The van der Waals surface area contributed by atoms with Gasteiger partial charge in [-0.3, -0.25) is 0 Å². The van der Waals surface area contributed by atoms with E-state index < -0.39 is 5.60 Å². The summed E-state index contributed by atoms with van der Waals surface area (Å²) >= 11 is 1.52. The molecular formula is C17H25N3O2S. The van der Waals surface area contributed by atoms with Crippen LogP contribution in [0.3, 0.4) is 0 Å². The number of piperidine rings is 1. The van der Waals surface area contributed by atoms with Crippen LogP contribution in [-0.4, -0.2) is 35.2 Å². The van der Waals surface area contributed by atoms with Crippen molar-refractivity contribution in [3.8, 4) is 6.07 Å². The van der Waals surface area contributed by atoms with E-state index in [2.05, 4.69) is 18.3 Å². The Kier molecular flexibility index (Phi) is 5.33. The molecule has 6 heteroatoms. The summed E-state index contributed by atoms with van der Waals surface area (Å²) in [5, 5.41) is 12.5. The number of nitriles is 1. The minimum Gasteiger partial charge on any atom is -0.444 e. The van der Waals surface area contributed by atoms with Crippen LogP contribution in [-0.2, 0) is 11.3 Å². The van der Waals surface area contributed by atoms with E-state index in [1.165, 1.54) is 11.3 Å². The Morgan fingerprint density at radius 3 is 2.61 bits per heavy atom. The van der Waals surface area contributed by atoms with E-state index in [0.717, 1.165) is 29.1 Å². The van der Waals surface area contributed by atoms with E-state index in [1.807, 2.05) is 32.9 Å². The summed E-state index contributed by atoms with van der Waals surface area (Å²) in [6.07, 6.45) is 1.56. The van der Waals surface area contributed by atoms with Crippen LogP contribution >= 0.6 is 11.3 Å². The highest BCUT2D eigenvalue weighted by molar-refractivity contribution is 7.12. The molecule has 1 aliphatic rings. The lowest BCUT2D eigenvalue weighted by Crippen LogP contribution is -2.52. The number of carbonyl (C=O) groups excluding carboxylic acids is 1. The number of hydrogen-bond donors (Lipinski definition) is 1. The zero-order chi connectivity index (χ0) is 17.1. The molecule has 0 unspecified atom stereocenters. The molecule has 1 aliphatic heterocycles. The molecule has 0 aliphatic carbocycles. The van der Waals surface area contributed by atoms with Crippen LogP contribution in [0.2, 0.25) is 0 Å². The molecule has 0 radical (unpaired) electrons. The fourth-order valence-corrected chi connectivity index (χ4v) is 3.26. The first-order chi connectivity index (χ1) is 10.7. The second kappa shape index (κ2) is 6.90. The molecule has 0 bridgehead atoms. The average Bonchev–Trinajstić information content (AvgIpc) is 2.92. The Balaban J connectivity index is 1.82. The van der Waals surface area contributed by atoms with Gasteiger partial charge in [-0.15, -0.1) is 11.3 Å². The lowest BCUT2D eigenvalue weighted by molar-refractivity contribution is 0.0157. The largest absolute Gasteiger partial charge is 0.444 e. The summed E-state index contributed by atoms with van der Waals surface area (Å²) in [5.74, 6) is 0. The van der Waals surface area contributed by atoms with Crippen molar-refractivity contribution in [3.63, 3.8) is 0 Å². The van der Waals surface area contributed by atoms with Crippen LogP contribution < -0.4 is 5.32 Å². The van der Waals surface area contributed by atoms with Gasteiger partial charge in [-0.05, 0) is 52.7 Å². The second-order valence-electron chi connectivity index (χ2n) is 7.26. The number of carbonyl (C=O) groups is 1. The van der Waals surface area contributed by atoms with Crippen molar-refractivity contribution in [1.82, 2.24) is 10.2 Å². The van der Waals surface area contributed by atoms with Crippen molar-refractivity contribution in [2.24, 2.45) is 0 Å². The molecule has 5 nitrogen and oxygen atoms in total. The standard InChI is InChI=1S/C17H25N3O2S/c1-16(2,3)22-15(21)20-9-7-17(4,8-10-20)19-12-14-6-5-13(11-18)23-14/h5-6,19H,7-10,12H2,1-4H3. The Hall–Kier alpha value is -1.58. The third-order valence-electron chi connectivity index (χ3n) is 3.98. The Labute approximate surface area is 142 Å². The maximum absolute atomic E-state index is 12.1. The first-order valence-corrected chi connectivity index (χ1v) is 8.74. The van der Waals surface area contributed by atoms with Crippen molar-refractivity contribution in [3.05, 3.63) is 21.9 Å². The summed E-state index contributed by atoms with van der Waals surface area (Å²) in [5.41, 5.74) is -0.441. The molecule has 1 N–H and O–H groups in total. The normalized spacial score (nSPS) is 17.6. The van der Waals surface area contributed by atoms with Gasteiger partial charge in [-0.25, -0.2) is 4.79 Å². The second-order valence-corrected chi connectivity index (χ2v) is 8.43. The van der Waals surface area contributed by atoms with Crippen molar-refractivity contribution < 1.29 is 9.53 Å². The first kappa shape index (κ1) is 17.8. The predicted octanol–water partition coefficient (Wildman–Crippen LogP) is 3.50. The van der Waals surface area contributed by atoms with Gasteiger partial charge in [0.2, 0.25) is 0 Å². The van der Waals surface area contributed by atoms with Gasteiger partial charge in [0, 0.05) is 30.1 Å². The maximum Gasteiger partial charge on any atom is 0.410 e. The van der Waals surface area contributed by atoms with E-state index >= 15 is 0 Å². The van der Waals surface area contributed by atoms with Crippen LogP contribution in [0.1, 0.15) is 50.3 Å². The van der Waals surface area contributed by atoms with Crippen LogP contribution in [0.15, 0.2) is 12.1 Å². The summed E-state index contributed by atoms with van der Waals surface area (Å²) in [7, 11) is 0. The third-order valence-corrected chi connectivity index (χ3v) is 4.97. The van der Waals surface area contributed by atoms with Gasteiger partial charge in [0.25, 0.3) is 0 Å². The molecule has 0 spiro atoms. The molecule has 2 rings (SSSR count). The van der Waals surface area contributed by atoms with Crippen molar-refractivity contribution in [2.45, 2.75) is 58.2 Å². The Morgan fingerprint density at radius 1 is 1.43 bits per heavy atom. The smallest absolute Gasteiger partial charge is 0.410 e. The van der Waals surface area contributed by atoms with E-state index in [9.17, 15) is 4.79 Å². The SMILES string of the molecule is CC1(NCc2ccc(C#N)s2)CCN(C(=O)OC(C)(C)C)CC1. The molecule has 1 amide bonds. The van der Waals surface area contributed by atoms with Gasteiger partial charge in [0.1, 0.15) is 16.5 Å². The van der Waals surface area contributed by atoms with Gasteiger partial charge >= 0.3 is 6.09 Å². The minimum absolute atomic E-state index is 0.00924. The van der Waals surface area contributed by atoms with Gasteiger partial charge in [0.05, 0.1) is 0 Å². The summed E-state index contributed by atoms with van der Waals surface area (Å²) in [6.45, 7) is 10.0. The first-order valence-electron chi connectivity index (χ1n) is 7.93. The molecule has 1 aromatic heterocycles. The van der Waals surface area contributed by atoms with Gasteiger partial charge < -0.3 is 15.0 Å². The fraction of sp³-hybridized carbons (Fsp3) is 0.647. The summed E-state index contributed by atoms with van der Waals surface area (Å²) in [6, 6.07) is 6.02. The highest BCUT2D eigenvalue weighted by atomic mass is 32.1. The highest BCUT2D eigenvalue weighted by Gasteiger charge is 2.33. The lowest BCUT2D eigenvalue weighted by atomic mass is 9.89. The third kappa shape index (κ3) is 5.22. The summed E-state index contributed by atoms with van der Waals surface area (Å²) in [4.78, 5) is 15.8. The van der Waals surface area contributed by atoms with E-state index in [0.29, 0.717) is 13.1 Å². The highest BCUT2D eigenvalue weighted by Crippen LogP contribution is 2.25. The molecule has 0 aromatic carbocycles. The topological polar surface area (TPSA) is 65.4 Å². The summed E-state index contributed by atoms with van der Waals surface area (Å²) < 4.78 is 5.43. The molecule has 23 heavy (non-hydrogen) atoms. The molecule has 1 saturated heterocycles. The molecule has 0 atom stereocenters. The number of likely N-dealkylation sites (tertiary alicyclic amines) is 1. The molecule has 2 heterocycles. The van der Waals surface area contributed by atoms with E-state index in [4.69, 9.17) is 10.00 Å². The van der Waals surface area contributed by atoms with Gasteiger partial charge in [0.15, 0.2) is 0 Å². The molecule has 1 aromatic rings. The molecule has 126 valence electrons. The quantitative estimate of drug-likeness (QED) is 0.918. The van der Waals surface area contributed by atoms with E-state index in [-0.39, 0.29) is 11.6 Å². The maximum atomic E-state index is 12.1. The van der Waals surface area contributed by atoms with Crippen molar-refractivity contribution >= 4 is 17.4 Å². The zero-order valence-corrected chi connectivity index (χ0v) is 15.1. The molecular weight excluding hydrogens is 310 g/mol. The van der Waals surface area contributed by atoms with Crippen LogP contribution in [0.5, 0.6) is 0 Å². The van der Waals surface area contributed by atoms with Gasteiger partial charge in [-0.1, -0.05) is 0 Å². The van der Waals surface area contributed by atoms with Crippen molar-refractivity contribution in [1.29, 1.82) is 5.26 Å². The number of hydrogen-bond acceptors (Lipinski definition) is 5. The number of thiophene rings is 1. The van der Waals surface area contributed by atoms with E-state index in [1.54, 1.807) is 4.90 Å².